The van der Waals surface area contributed by atoms with Gasteiger partial charge in [-0.2, -0.15) is 0 Å². The van der Waals surface area contributed by atoms with Crippen LogP contribution in [0.15, 0.2) is 72.8 Å². The minimum Gasteiger partial charge on any atom is -0.319 e. The molecule has 0 aliphatic carbocycles. The molecule has 1 aromatic heterocycles. The minimum atomic E-state index is 0.726. The van der Waals surface area contributed by atoms with Crippen LogP contribution in [0.4, 0.5) is 0 Å². The van der Waals surface area contributed by atoms with Crippen LogP contribution < -0.4 is 0 Å². The second kappa shape index (κ2) is 6.39. The Morgan fingerprint density at radius 2 is 1.39 bits per heavy atom. The van der Waals surface area contributed by atoms with E-state index in [4.69, 9.17) is 12.2 Å². The van der Waals surface area contributed by atoms with E-state index in [0.29, 0.717) is 0 Å². The van der Waals surface area contributed by atoms with E-state index in [1.807, 2.05) is 26.1 Å². The van der Waals surface area contributed by atoms with Crippen molar-refractivity contribution in [1.29, 1.82) is 0 Å². The standard InChI is InChI=1S/C20H20N2S/c1-15(2)14-22-19(17-12-8-5-9-13-17)18(21(3)20(22)23)16-10-6-4-7-11-16/h4-13H,1,14H2,2-3H3. The average molecular weight is 320 g/mol. The van der Waals surface area contributed by atoms with E-state index in [1.165, 1.54) is 11.1 Å². The van der Waals surface area contributed by atoms with Crippen molar-refractivity contribution in [2.75, 3.05) is 0 Å². The second-order valence-electron chi connectivity index (χ2n) is 5.81. The Bertz CT molecular complexity index is 887. The van der Waals surface area contributed by atoms with E-state index in [0.717, 1.165) is 28.3 Å². The first-order valence-corrected chi connectivity index (χ1v) is 8.05. The van der Waals surface area contributed by atoms with Gasteiger partial charge in [0.2, 0.25) is 0 Å². The lowest BCUT2D eigenvalue weighted by atomic mass is 10.0. The maximum atomic E-state index is 5.70. The Balaban J connectivity index is 2.35. The Morgan fingerprint density at radius 3 is 1.87 bits per heavy atom. The SMILES string of the molecule is C=C(C)Cn1c(-c2ccccc2)c(-c2ccccc2)n(C)c1=S. The average Bonchev–Trinajstić information content (AvgIpc) is 2.81. The molecule has 0 spiro atoms. The monoisotopic (exact) mass is 320 g/mol. The Morgan fingerprint density at radius 1 is 0.913 bits per heavy atom. The molecule has 116 valence electrons. The highest BCUT2D eigenvalue weighted by Crippen LogP contribution is 2.34. The Kier molecular flexibility index (Phi) is 4.30. The van der Waals surface area contributed by atoms with Crippen molar-refractivity contribution >= 4 is 12.2 Å². The number of nitrogens with zero attached hydrogens (tertiary/aromatic N) is 2. The second-order valence-corrected chi connectivity index (χ2v) is 6.18. The number of imidazole rings is 1. The van der Waals surface area contributed by atoms with E-state index in [-0.39, 0.29) is 0 Å². The highest BCUT2D eigenvalue weighted by atomic mass is 32.1. The molecule has 23 heavy (non-hydrogen) atoms. The molecule has 0 N–H and O–H groups in total. The fourth-order valence-corrected chi connectivity index (χ4v) is 3.14. The third-order valence-electron chi connectivity index (χ3n) is 3.87. The van der Waals surface area contributed by atoms with Gasteiger partial charge < -0.3 is 9.13 Å². The van der Waals surface area contributed by atoms with Crippen molar-refractivity contribution in [2.45, 2.75) is 13.5 Å². The van der Waals surface area contributed by atoms with Crippen LogP contribution in [0.25, 0.3) is 22.5 Å². The van der Waals surface area contributed by atoms with Crippen molar-refractivity contribution in [3.8, 4) is 22.5 Å². The Hall–Kier alpha value is -2.39. The minimum absolute atomic E-state index is 0.726. The van der Waals surface area contributed by atoms with Crippen molar-refractivity contribution < 1.29 is 0 Å². The van der Waals surface area contributed by atoms with Gasteiger partial charge >= 0.3 is 0 Å². The molecule has 0 atom stereocenters. The molecule has 3 rings (SSSR count). The number of hydrogen-bond acceptors (Lipinski definition) is 1. The van der Waals surface area contributed by atoms with Crippen LogP contribution in [0.3, 0.4) is 0 Å². The van der Waals surface area contributed by atoms with E-state index < -0.39 is 0 Å². The molecule has 0 unspecified atom stereocenters. The summed E-state index contributed by atoms with van der Waals surface area (Å²) in [7, 11) is 2.03. The molecule has 3 aromatic rings. The van der Waals surface area contributed by atoms with Gasteiger partial charge in [0, 0.05) is 24.7 Å². The molecule has 0 radical (unpaired) electrons. The van der Waals surface area contributed by atoms with Crippen LogP contribution in [0, 0.1) is 4.77 Å². The van der Waals surface area contributed by atoms with Crippen LogP contribution in [0.5, 0.6) is 0 Å². The molecule has 0 aliphatic heterocycles. The van der Waals surface area contributed by atoms with Gasteiger partial charge in [-0.25, -0.2) is 0 Å². The molecular formula is C20H20N2S. The van der Waals surface area contributed by atoms with Crippen LogP contribution in [0.1, 0.15) is 6.92 Å². The maximum Gasteiger partial charge on any atom is 0.180 e. The smallest absolute Gasteiger partial charge is 0.180 e. The normalized spacial score (nSPS) is 10.7. The van der Waals surface area contributed by atoms with Gasteiger partial charge in [-0.05, 0) is 19.1 Å². The van der Waals surface area contributed by atoms with E-state index >= 15 is 0 Å². The molecule has 1 heterocycles. The van der Waals surface area contributed by atoms with E-state index in [2.05, 4.69) is 64.2 Å². The number of benzene rings is 2. The lowest BCUT2D eigenvalue weighted by Crippen LogP contribution is -2.02. The zero-order valence-electron chi connectivity index (χ0n) is 13.5. The van der Waals surface area contributed by atoms with Crippen molar-refractivity contribution in [3.05, 3.63) is 77.6 Å². The predicted molar refractivity (Wildman–Crippen MR) is 99.9 cm³/mol. The fraction of sp³-hybridized carbons (Fsp3) is 0.150. The summed E-state index contributed by atoms with van der Waals surface area (Å²) >= 11 is 5.70. The molecule has 0 bridgehead atoms. The zero-order chi connectivity index (χ0) is 16.4. The summed E-state index contributed by atoms with van der Waals surface area (Å²) in [6.07, 6.45) is 0. The molecule has 0 amide bonds. The summed E-state index contributed by atoms with van der Waals surface area (Å²) in [6, 6.07) is 20.8. The quantitative estimate of drug-likeness (QED) is 0.458. The highest BCUT2D eigenvalue weighted by Gasteiger charge is 2.18. The van der Waals surface area contributed by atoms with E-state index in [1.54, 1.807) is 0 Å². The lowest BCUT2D eigenvalue weighted by molar-refractivity contribution is 0.744. The molecule has 2 nitrogen and oxygen atoms in total. The lowest BCUT2D eigenvalue weighted by Gasteiger charge is -2.11. The van der Waals surface area contributed by atoms with Crippen molar-refractivity contribution in [2.24, 2.45) is 7.05 Å². The number of aromatic nitrogens is 2. The first kappa shape index (κ1) is 15.5. The molecule has 0 saturated heterocycles. The van der Waals surface area contributed by atoms with Crippen LogP contribution in [0.2, 0.25) is 0 Å². The predicted octanol–water partition coefficient (Wildman–Crippen LogP) is 5.47. The molecule has 0 fully saturated rings. The Labute approximate surface area is 142 Å². The van der Waals surface area contributed by atoms with Crippen LogP contribution in [-0.2, 0) is 13.6 Å². The van der Waals surface area contributed by atoms with Crippen LogP contribution in [-0.4, -0.2) is 9.13 Å². The van der Waals surface area contributed by atoms with Gasteiger partial charge in [-0.1, -0.05) is 72.8 Å². The first-order chi connectivity index (χ1) is 11.1. The van der Waals surface area contributed by atoms with Gasteiger partial charge in [0.15, 0.2) is 4.77 Å². The van der Waals surface area contributed by atoms with Crippen LogP contribution >= 0.6 is 12.2 Å². The molecule has 3 heteroatoms. The van der Waals surface area contributed by atoms with Gasteiger partial charge in [0.25, 0.3) is 0 Å². The van der Waals surface area contributed by atoms with Gasteiger partial charge in [-0.3, -0.25) is 0 Å². The summed E-state index contributed by atoms with van der Waals surface area (Å²) in [5, 5.41) is 0. The number of rotatable bonds is 4. The topological polar surface area (TPSA) is 9.86 Å². The summed E-state index contributed by atoms with van der Waals surface area (Å²) < 4.78 is 5.08. The highest BCUT2D eigenvalue weighted by molar-refractivity contribution is 7.71. The molecule has 2 aromatic carbocycles. The molecule has 0 saturated carbocycles. The molecule has 0 aliphatic rings. The molecular weight excluding hydrogens is 300 g/mol. The van der Waals surface area contributed by atoms with Crippen molar-refractivity contribution in [3.63, 3.8) is 0 Å². The number of allylic oxidation sites excluding steroid dienone is 1. The summed E-state index contributed by atoms with van der Waals surface area (Å²) in [5.41, 5.74) is 5.71. The summed E-state index contributed by atoms with van der Waals surface area (Å²) in [6.45, 7) is 6.82. The zero-order valence-corrected chi connectivity index (χ0v) is 14.3. The van der Waals surface area contributed by atoms with E-state index in [9.17, 15) is 0 Å². The van der Waals surface area contributed by atoms with Crippen molar-refractivity contribution in [1.82, 2.24) is 9.13 Å². The third kappa shape index (κ3) is 2.92. The first-order valence-electron chi connectivity index (χ1n) is 7.64. The largest absolute Gasteiger partial charge is 0.319 e. The van der Waals surface area contributed by atoms with Gasteiger partial charge in [-0.15, -0.1) is 0 Å². The van der Waals surface area contributed by atoms with Gasteiger partial charge in [0.1, 0.15) is 0 Å². The maximum absolute atomic E-state index is 5.70. The summed E-state index contributed by atoms with van der Waals surface area (Å²) in [4.78, 5) is 0. The summed E-state index contributed by atoms with van der Waals surface area (Å²) in [5.74, 6) is 0. The third-order valence-corrected chi connectivity index (χ3v) is 4.36. The van der Waals surface area contributed by atoms with Gasteiger partial charge in [0.05, 0.1) is 11.4 Å². The fourth-order valence-electron chi connectivity index (χ4n) is 2.89. The number of hydrogen-bond donors (Lipinski definition) is 0.